The van der Waals surface area contributed by atoms with Gasteiger partial charge in [-0.25, -0.2) is 0 Å². The maximum atomic E-state index is 16.1. The van der Waals surface area contributed by atoms with Gasteiger partial charge < -0.3 is 18.2 Å². The number of halogens is 3. The van der Waals surface area contributed by atoms with Gasteiger partial charge in [0.15, 0.2) is 15.6 Å². The molecule has 19 rings (SSSR count). The van der Waals surface area contributed by atoms with Gasteiger partial charge in [-0.15, -0.1) is 9.24 Å². The second kappa shape index (κ2) is 37.8. The van der Waals surface area contributed by atoms with Crippen molar-refractivity contribution in [2.24, 2.45) is 29.6 Å². The summed E-state index contributed by atoms with van der Waals surface area (Å²) in [6.07, 6.45) is 20.5. The van der Waals surface area contributed by atoms with Crippen LogP contribution in [0.3, 0.4) is 0 Å². The summed E-state index contributed by atoms with van der Waals surface area (Å²) in [5.74, 6) is 3.93. The fraction of sp³-hybridized carbons (Fsp3) is 0.275. The van der Waals surface area contributed by atoms with Crippen molar-refractivity contribution in [3.63, 3.8) is 0 Å². The van der Waals surface area contributed by atoms with E-state index in [0.717, 1.165) is 124 Å². The van der Waals surface area contributed by atoms with Crippen molar-refractivity contribution in [1.29, 1.82) is 0 Å². The molecule has 0 saturated heterocycles. The van der Waals surface area contributed by atoms with Gasteiger partial charge in [-0.05, 0) is 204 Å². The van der Waals surface area contributed by atoms with E-state index >= 15 is 4.57 Å². The molecule has 7 aliphatic carbocycles. The maximum Gasteiger partial charge on any atom is 0.534 e. The summed E-state index contributed by atoms with van der Waals surface area (Å²) in [4.78, 5) is 0. The minimum Gasteiger partial charge on any atom is -0.375 e. The molecule has 3 fully saturated rings. The first-order valence-electron chi connectivity index (χ1n) is 37.2. The zero-order valence-electron chi connectivity index (χ0n) is 61.1. The zero-order chi connectivity index (χ0) is 73.5. The van der Waals surface area contributed by atoms with Crippen molar-refractivity contribution in [3.05, 3.63) is 329 Å². The summed E-state index contributed by atoms with van der Waals surface area (Å²) in [5.41, 5.74) is 9.27. The molecule has 0 amide bonds. The monoisotopic (exact) mass is 1660 g/mol. The van der Waals surface area contributed by atoms with Crippen molar-refractivity contribution in [3.8, 4) is 5.75 Å². The third-order valence-corrected chi connectivity index (χ3v) is 31.1. The number of ether oxygens (including phenoxy) is 2. The van der Waals surface area contributed by atoms with Crippen molar-refractivity contribution in [1.82, 2.24) is 0 Å². The fourth-order valence-corrected chi connectivity index (χ4v) is 26.1. The van der Waals surface area contributed by atoms with E-state index < -0.39 is 42.2 Å². The molecule has 19 heteroatoms. The van der Waals surface area contributed by atoms with Gasteiger partial charge in [-0.1, -0.05) is 276 Å². The van der Waals surface area contributed by atoms with Crippen molar-refractivity contribution < 1.29 is 195 Å². The van der Waals surface area contributed by atoms with Gasteiger partial charge in [0.05, 0.1) is 12.2 Å². The first kappa shape index (κ1) is 87.9. The number of alkyl halides is 3. The van der Waals surface area contributed by atoms with Crippen LogP contribution in [0.1, 0.15) is 157 Å². The zero-order valence-corrected chi connectivity index (χ0v) is 68.6. The predicted molar refractivity (Wildman–Crippen MR) is 432 cm³/mol. The number of hydrogen-bond acceptors (Lipinski definition) is 7. The Kier molecular flexibility index (Phi) is 30.2. The summed E-state index contributed by atoms with van der Waals surface area (Å²) in [6.45, 7) is 12.0. The largest absolute Gasteiger partial charge is 0.534 e. The molecule has 10 aromatic carbocycles. The second-order valence-corrected chi connectivity index (χ2v) is 37.0. The topological polar surface area (TPSA) is 96.0 Å². The molecule has 10 aromatic rings. The standard InChI is InChI=1S/C43H38O3P2.C17H16OP2.C15H16.C9H7F3O3S.C7H10.4Ar/c1-3-37-35-27-17-29-39(47(31-19-9-5-10-20-31)32-21-11-6-12-22-32)41(35)43(45-37)42-36(38(4-2)46-43)28-18-30-40(42)48(44,33-23-13-7-14-24-33)34-25-15-8-16-26-34;18-20-14-6-2-4-12-8-10-17(16(12)14)9-7-11-3-1-5-13(19)15(11)17;1-9-12-4-2-3-5-13(12)15-11-7-6-10(8-11)14(9)15;1-2-7-5-3-4-6-8(7)15-16(13,14)9(10,11)12;1-2-7-4-3-6(1)5-7;;;;/h5-30,37-38H,3-4H2,1-2H3;1-6H,7-10,19H2;2-5,10-11,14-15H,1,6-8H2;2-6H,1H2;1-2,6-7H,3-5H2;;;;/t37-,38-,43-;17-;10-,11+,14+,15+;;;;;;/m000....../s1. The van der Waals surface area contributed by atoms with E-state index in [1.54, 1.807) is 5.56 Å². The molecule has 7 nitrogen and oxygen atoms in total. The van der Waals surface area contributed by atoms with E-state index in [1.165, 1.54) is 117 Å². The van der Waals surface area contributed by atoms with Gasteiger partial charge in [0.25, 0.3) is 0 Å². The van der Waals surface area contributed by atoms with Crippen LogP contribution in [0.2, 0.25) is 0 Å². The molecule has 0 radical (unpaired) electrons. The summed E-state index contributed by atoms with van der Waals surface area (Å²) in [5, 5.41) is 8.42. The summed E-state index contributed by atoms with van der Waals surface area (Å²) >= 11 is 0. The maximum absolute atomic E-state index is 16.1. The molecule has 2 spiro atoms. The average Bonchev–Trinajstić information content (AvgIpc) is 1.52. The summed E-state index contributed by atoms with van der Waals surface area (Å²) in [7, 11) is -6.93. The smallest absolute Gasteiger partial charge is 0.375 e. The number of para-hydroxylation sites is 1. The predicted octanol–water partition coefficient (Wildman–Crippen LogP) is 19.9. The van der Waals surface area contributed by atoms with Gasteiger partial charge in [-0.3, -0.25) is 4.57 Å². The van der Waals surface area contributed by atoms with Crippen LogP contribution in [0.15, 0.2) is 268 Å². The van der Waals surface area contributed by atoms with Gasteiger partial charge in [0, 0.05) is 194 Å². The molecule has 3 saturated carbocycles. The Bertz CT molecular complexity index is 5050. The molecular formula is C91H87Ar4F3O7P4S. The summed E-state index contributed by atoms with van der Waals surface area (Å²) < 4.78 is 104. The van der Waals surface area contributed by atoms with Crippen LogP contribution in [-0.2, 0) is 52.8 Å². The molecule has 11 atom stereocenters. The van der Waals surface area contributed by atoms with E-state index in [-0.39, 0.29) is 183 Å². The Morgan fingerprint density at radius 3 is 1.60 bits per heavy atom. The molecule has 4 bridgehead atoms. The summed E-state index contributed by atoms with van der Waals surface area (Å²) in [6, 6.07) is 81.6. The Hall–Kier alpha value is -2.89. The average molecular weight is 1670 g/mol. The van der Waals surface area contributed by atoms with Gasteiger partial charge >= 0.3 is 15.6 Å². The molecule has 110 heavy (non-hydrogen) atoms. The molecule has 9 aliphatic rings. The number of hydrogen-bond donors (Lipinski definition) is 0. The number of aryl methyl sites for hydroxylation is 2. The number of benzene rings is 10. The van der Waals surface area contributed by atoms with Crippen molar-refractivity contribution >= 4 is 97.0 Å². The molecule has 2 heterocycles. The van der Waals surface area contributed by atoms with Crippen LogP contribution in [-0.4, -0.2) is 13.9 Å². The van der Waals surface area contributed by atoms with Crippen molar-refractivity contribution in [2.45, 2.75) is 126 Å². The third-order valence-electron chi connectivity index (χ3n) is 23.5. The van der Waals surface area contributed by atoms with Gasteiger partial charge in [-0.2, -0.15) is 21.6 Å². The van der Waals surface area contributed by atoms with Crippen LogP contribution in [0.4, 0.5) is 13.2 Å². The Labute approximate surface area is 772 Å². The minimum atomic E-state index is -5.63. The number of fused-ring (bicyclic) bond motifs is 17. The first-order chi connectivity index (χ1) is 51.4. The Balaban J connectivity index is 0.000000158. The van der Waals surface area contributed by atoms with Gasteiger partial charge in [0.2, 0.25) is 5.79 Å². The van der Waals surface area contributed by atoms with Gasteiger partial charge in [0.1, 0.15) is 5.75 Å². The third kappa shape index (κ3) is 16.8. The quantitative estimate of drug-likeness (QED) is 0.0520. The van der Waals surface area contributed by atoms with Crippen LogP contribution in [0, 0.1) is 181 Å². The SMILES string of the molecule is C1=CC2CCC1C2.C=C1c2ccccc2[C@H]2[C@@H]3CC[C@@H](C3)[C@@H]12.C=Cc1ccccc1OS(=O)(=O)C(F)(F)F.CC[C@@H]1O[C@]2(O[C@@H](CC)c3cccc(P(=O)(c4ccccc4)c4ccccc4)c32)c2c1cccc2P(c1ccccc1)c1ccccc1.O=Pc1cccc2c1[C@@]1(CCc3cccc(P)c31)CC2.[Ar].[Ar].[Ar].[Ar]. The first-order valence-corrected chi connectivity index (χ1v) is 43.1. The molecule has 3 unspecified atom stereocenters. The van der Waals surface area contributed by atoms with Crippen LogP contribution in [0.25, 0.3) is 11.6 Å². The minimum absolute atomic E-state index is 0. The molecule has 0 N–H and O–H groups in total. The van der Waals surface area contributed by atoms with Crippen LogP contribution < -0.4 is 46.6 Å². The van der Waals surface area contributed by atoms with Crippen molar-refractivity contribution in [2.75, 3.05) is 0 Å². The second-order valence-electron chi connectivity index (χ2n) is 29.2. The van der Waals surface area contributed by atoms with E-state index in [9.17, 15) is 26.2 Å². The van der Waals surface area contributed by atoms with E-state index in [0.29, 0.717) is 0 Å². The normalized spacial score (nSPS) is 23.1. The molecule has 572 valence electrons. The molecular weight excluding hydrogens is 1580 g/mol. The van der Waals surface area contributed by atoms with E-state index in [2.05, 4.69) is 198 Å². The Morgan fingerprint density at radius 1 is 0.573 bits per heavy atom. The van der Waals surface area contributed by atoms with E-state index in [1.807, 2.05) is 72.8 Å². The van der Waals surface area contributed by atoms with Crippen LogP contribution in [0.5, 0.6) is 5.75 Å². The Morgan fingerprint density at radius 2 is 1.06 bits per heavy atom. The van der Waals surface area contributed by atoms with E-state index in [4.69, 9.17) is 9.47 Å². The fourth-order valence-electron chi connectivity index (χ4n) is 19.0. The van der Waals surface area contributed by atoms with Crippen LogP contribution >= 0.6 is 32.8 Å². The molecule has 2 aliphatic heterocycles. The number of allylic oxidation sites excluding steroid dienone is 3. The number of rotatable bonds is 12. The molecule has 0 aromatic heterocycles.